The molecule has 1 N–H and O–H groups in total. The van der Waals surface area contributed by atoms with E-state index in [1.165, 1.54) is 11.6 Å². The van der Waals surface area contributed by atoms with E-state index >= 15 is 0 Å². The normalized spacial score (nSPS) is 11.1. The van der Waals surface area contributed by atoms with E-state index in [0.717, 1.165) is 5.69 Å². The predicted octanol–water partition coefficient (Wildman–Crippen LogP) is 4.05. The molecular weight excluding hydrogens is 238 g/mol. The van der Waals surface area contributed by atoms with Crippen LogP contribution < -0.4 is 5.32 Å². The Hall–Kier alpha value is -2.29. The molecule has 2 aromatic rings. The Labute approximate surface area is 112 Å². The SMILES string of the molecule is CC(C)c1ccc(NC(=O)/C=C/c2ccco2)cc1. The van der Waals surface area contributed by atoms with Gasteiger partial charge in [0.25, 0.3) is 0 Å². The maximum Gasteiger partial charge on any atom is 0.248 e. The largest absolute Gasteiger partial charge is 0.465 e. The Morgan fingerprint density at radius 3 is 2.53 bits per heavy atom. The van der Waals surface area contributed by atoms with Gasteiger partial charge in [0.05, 0.1) is 6.26 Å². The second-order valence-electron chi connectivity index (χ2n) is 4.61. The Bertz CT molecular complexity index is 551. The van der Waals surface area contributed by atoms with Gasteiger partial charge in [0.1, 0.15) is 5.76 Å². The summed E-state index contributed by atoms with van der Waals surface area (Å²) in [7, 11) is 0. The lowest BCUT2D eigenvalue weighted by Gasteiger charge is -2.07. The van der Waals surface area contributed by atoms with Crippen LogP contribution in [0, 0.1) is 0 Å². The standard InChI is InChI=1S/C16H17NO2/c1-12(2)13-5-7-14(8-6-13)17-16(18)10-9-15-4-3-11-19-15/h3-12H,1-2H3,(H,17,18)/b10-9+. The van der Waals surface area contributed by atoms with E-state index in [9.17, 15) is 4.79 Å². The highest BCUT2D eigenvalue weighted by Gasteiger charge is 2.01. The lowest BCUT2D eigenvalue weighted by molar-refractivity contribution is -0.111. The van der Waals surface area contributed by atoms with Crippen LogP contribution in [0.1, 0.15) is 31.1 Å². The summed E-state index contributed by atoms with van der Waals surface area (Å²) in [5.74, 6) is 0.975. The van der Waals surface area contributed by atoms with Crippen molar-refractivity contribution in [3.63, 3.8) is 0 Å². The first kappa shape index (κ1) is 13.1. The predicted molar refractivity (Wildman–Crippen MR) is 76.9 cm³/mol. The Balaban J connectivity index is 1.95. The molecule has 0 saturated heterocycles. The molecule has 0 saturated carbocycles. The van der Waals surface area contributed by atoms with Gasteiger partial charge in [-0.2, -0.15) is 0 Å². The van der Waals surface area contributed by atoms with E-state index in [1.54, 1.807) is 24.5 Å². The molecule has 1 aromatic carbocycles. The van der Waals surface area contributed by atoms with Crippen molar-refractivity contribution in [1.29, 1.82) is 0 Å². The highest BCUT2D eigenvalue weighted by Crippen LogP contribution is 2.17. The molecule has 0 bridgehead atoms. The second-order valence-corrected chi connectivity index (χ2v) is 4.61. The minimum atomic E-state index is -0.173. The Kier molecular flexibility index (Phi) is 4.18. The van der Waals surface area contributed by atoms with Crippen LogP contribution in [0.3, 0.4) is 0 Å². The first-order valence-corrected chi connectivity index (χ1v) is 6.27. The summed E-state index contributed by atoms with van der Waals surface area (Å²) in [6.45, 7) is 4.28. The fourth-order valence-electron chi connectivity index (χ4n) is 1.68. The monoisotopic (exact) mass is 255 g/mol. The van der Waals surface area contributed by atoms with Crippen LogP contribution in [0.2, 0.25) is 0 Å². The minimum Gasteiger partial charge on any atom is -0.465 e. The van der Waals surface area contributed by atoms with Gasteiger partial charge in [0.2, 0.25) is 5.91 Å². The number of carbonyl (C=O) groups excluding carboxylic acids is 1. The van der Waals surface area contributed by atoms with Crippen LogP contribution in [0.15, 0.2) is 53.2 Å². The zero-order chi connectivity index (χ0) is 13.7. The van der Waals surface area contributed by atoms with Crippen molar-refractivity contribution in [1.82, 2.24) is 0 Å². The molecule has 19 heavy (non-hydrogen) atoms. The molecule has 3 heteroatoms. The second kappa shape index (κ2) is 6.05. The Morgan fingerprint density at radius 2 is 1.95 bits per heavy atom. The van der Waals surface area contributed by atoms with Crippen molar-refractivity contribution in [2.45, 2.75) is 19.8 Å². The number of amides is 1. The van der Waals surface area contributed by atoms with E-state index in [0.29, 0.717) is 11.7 Å². The summed E-state index contributed by atoms with van der Waals surface area (Å²) in [5, 5.41) is 2.80. The number of nitrogens with one attached hydrogen (secondary N) is 1. The maximum absolute atomic E-state index is 11.7. The molecule has 0 atom stereocenters. The van der Waals surface area contributed by atoms with Crippen molar-refractivity contribution in [3.05, 3.63) is 60.1 Å². The number of rotatable bonds is 4. The van der Waals surface area contributed by atoms with Gasteiger partial charge in [-0.25, -0.2) is 0 Å². The number of hydrogen-bond donors (Lipinski definition) is 1. The van der Waals surface area contributed by atoms with Crippen LogP contribution >= 0.6 is 0 Å². The molecule has 0 aliphatic rings. The smallest absolute Gasteiger partial charge is 0.248 e. The molecule has 1 amide bonds. The molecule has 0 spiro atoms. The van der Waals surface area contributed by atoms with E-state index in [4.69, 9.17) is 4.42 Å². The van der Waals surface area contributed by atoms with Crippen LogP contribution in [0.25, 0.3) is 6.08 Å². The number of benzene rings is 1. The van der Waals surface area contributed by atoms with Crippen molar-refractivity contribution in [2.24, 2.45) is 0 Å². The average Bonchev–Trinajstić information content (AvgIpc) is 2.90. The summed E-state index contributed by atoms with van der Waals surface area (Å²) in [4.78, 5) is 11.7. The molecule has 0 fully saturated rings. The highest BCUT2D eigenvalue weighted by atomic mass is 16.3. The third-order valence-electron chi connectivity index (χ3n) is 2.79. The molecule has 1 heterocycles. The van der Waals surface area contributed by atoms with Gasteiger partial charge in [-0.15, -0.1) is 0 Å². The van der Waals surface area contributed by atoms with Crippen molar-refractivity contribution >= 4 is 17.7 Å². The van der Waals surface area contributed by atoms with Crippen molar-refractivity contribution in [3.8, 4) is 0 Å². The van der Waals surface area contributed by atoms with Gasteiger partial charge < -0.3 is 9.73 Å². The summed E-state index contributed by atoms with van der Waals surface area (Å²) in [5.41, 5.74) is 2.04. The summed E-state index contributed by atoms with van der Waals surface area (Å²) in [6, 6.07) is 11.4. The molecule has 1 aromatic heterocycles. The van der Waals surface area contributed by atoms with Gasteiger partial charge in [0, 0.05) is 11.8 Å². The zero-order valence-electron chi connectivity index (χ0n) is 11.1. The molecule has 2 rings (SSSR count). The number of hydrogen-bond acceptors (Lipinski definition) is 2. The van der Waals surface area contributed by atoms with Gasteiger partial charge in [-0.1, -0.05) is 26.0 Å². The third kappa shape index (κ3) is 3.85. The van der Waals surface area contributed by atoms with E-state index in [-0.39, 0.29) is 5.91 Å². The summed E-state index contributed by atoms with van der Waals surface area (Å²) in [6.07, 6.45) is 4.66. The van der Waals surface area contributed by atoms with E-state index < -0.39 is 0 Å². The fraction of sp³-hybridized carbons (Fsp3) is 0.188. The molecule has 0 radical (unpaired) electrons. The van der Waals surface area contributed by atoms with Gasteiger partial charge in [-0.3, -0.25) is 4.79 Å². The van der Waals surface area contributed by atoms with E-state index in [2.05, 4.69) is 19.2 Å². The quantitative estimate of drug-likeness (QED) is 0.837. The maximum atomic E-state index is 11.7. The van der Waals surface area contributed by atoms with Gasteiger partial charge >= 0.3 is 0 Å². The third-order valence-corrected chi connectivity index (χ3v) is 2.79. The average molecular weight is 255 g/mol. The van der Waals surface area contributed by atoms with Crippen LogP contribution in [0.5, 0.6) is 0 Å². The molecule has 98 valence electrons. The number of anilines is 1. The first-order valence-electron chi connectivity index (χ1n) is 6.27. The van der Waals surface area contributed by atoms with E-state index in [1.807, 2.05) is 24.3 Å². The fourth-order valence-corrected chi connectivity index (χ4v) is 1.68. The van der Waals surface area contributed by atoms with Crippen molar-refractivity contribution in [2.75, 3.05) is 5.32 Å². The molecule has 3 nitrogen and oxygen atoms in total. The summed E-state index contributed by atoms with van der Waals surface area (Å²) >= 11 is 0. The molecular formula is C16H17NO2. The molecule has 0 aliphatic heterocycles. The van der Waals surface area contributed by atoms with Gasteiger partial charge in [0.15, 0.2) is 0 Å². The van der Waals surface area contributed by atoms with Crippen LogP contribution in [-0.2, 0) is 4.79 Å². The summed E-state index contributed by atoms with van der Waals surface area (Å²) < 4.78 is 5.11. The van der Waals surface area contributed by atoms with Crippen LogP contribution in [-0.4, -0.2) is 5.91 Å². The van der Waals surface area contributed by atoms with Crippen molar-refractivity contribution < 1.29 is 9.21 Å². The number of carbonyl (C=O) groups is 1. The lowest BCUT2D eigenvalue weighted by Crippen LogP contribution is -2.07. The first-order chi connectivity index (χ1) is 9.15. The number of furan rings is 1. The van der Waals surface area contributed by atoms with Gasteiger partial charge in [-0.05, 0) is 41.8 Å². The lowest BCUT2D eigenvalue weighted by atomic mass is 10.0. The molecule has 0 aliphatic carbocycles. The highest BCUT2D eigenvalue weighted by molar-refractivity contribution is 6.01. The zero-order valence-corrected chi connectivity index (χ0v) is 11.1. The molecule has 0 unspecified atom stereocenters. The minimum absolute atomic E-state index is 0.173. The Morgan fingerprint density at radius 1 is 1.21 bits per heavy atom. The topological polar surface area (TPSA) is 42.2 Å². The van der Waals surface area contributed by atoms with Crippen LogP contribution in [0.4, 0.5) is 5.69 Å².